The van der Waals surface area contributed by atoms with Crippen LogP contribution in [0.1, 0.15) is 19.3 Å². The first kappa shape index (κ1) is 18.3. The first-order valence-electron chi connectivity index (χ1n) is 6.89. The molecule has 1 saturated heterocycles. The molecule has 10 nitrogen and oxygen atoms in total. The number of nitrogens with one attached hydrogen (secondary N) is 2. The highest BCUT2D eigenvalue weighted by molar-refractivity contribution is 6.05. The molecule has 1 rings (SSSR count). The molecule has 8 N–H and O–H groups in total. The molecule has 1 aliphatic rings. The molecule has 0 aromatic carbocycles. The summed E-state index contributed by atoms with van der Waals surface area (Å²) in [7, 11) is 0. The van der Waals surface area contributed by atoms with Crippen LogP contribution < -0.4 is 11.1 Å². The summed E-state index contributed by atoms with van der Waals surface area (Å²) in [5.74, 6) is -1.76. The summed E-state index contributed by atoms with van der Waals surface area (Å²) in [6, 6.07) is -1.87. The van der Waals surface area contributed by atoms with Crippen molar-refractivity contribution in [2.24, 2.45) is 5.73 Å². The monoisotopic (exact) mass is 318 g/mol. The van der Waals surface area contributed by atoms with Gasteiger partial charge in [-0.05, 0) is 12.8 Å². The van der Waals surface area contributed by atoms with Crippen molar-refractivity contribution >= 4 is 17.8 Å². The van der Waals surface area contributed by atoms with E-state index < -0.39 is 42.8 Å². The zero-order valence-electron chi connectivity index (χ0n) is 12.0. The molecule has 0 aliphatic carbocycles. The van der Waals surface area contributed by atoms with E-state index in [9.17, 15) is 19.8 Å². The van der Waals surface area contributed by atoms with Crippen molar-refractivity contribution in [1.82, 2.24) is 10.2 Å². The van der Waals surface area contributed by atoms with Gasteiger partial charge in [0.2, 0.25) is 5.91 Å². The third-order valence-corrected chi connectivity index (χ3v) is 3.53. The maximum Gasteiger partial charge on any atom is 0.320 e. The van der Waals surface area contributed by atoms with Gasteiger partial charge in [-0.2, -0.15) is 0 Å². The van der Waals surface area contributed by atoms with Crippen molar-refractivity contribution in [3.63, 3.8) is 0 Å². The summed E-state index contributed by atoms with van der Waals surface area (Å²) >= 11 is 0. The number of nitrogens with two attached hydrogens (primary N) is 1. The first-order chi connectivity index (χ1) is 10.3. The van der Waals surface area contributed by atoms with Crippen molar-refractivity contribution in [3.8, 4) is 0 Å². The molecular formula is C12H22N4O6. The number of rotatable bonds is 9. The minimum atomic E-state index is -1.37. The lowest BCUT2D eigenvalue weighted by molar-refractivity contribution is -0.138. The molecule has 126 valence electrons. The maximum atomic E-state index is 11.8. The van der Waals surface area contributed by atoms with Gasteiger partial charge in [-0.3, -0.25) is 20.3 Å². The van der Waals surface area contributed by atoms with Crippen LogP contribution in [-0.2, 0) is 9.59 Å². The van der Waals surface area contributed by atoms with Gasteiger partial charge < -0.3 is 31.1 Å². The number of hydrogen-bond acceptors (Lipinski definition) is 7. The van der Waals surface area contributed by atoms with Crippen molar-refractivity contribution in [2.45, 2.75) is 43.6 Å². The van der Waals surface area contributed by atoms with Crippen LogP contribution in [0.15, 0.2) is 0 Å². The molecule has 1 aliphatic heterocycles. The number of carboxylic acids is 1. The van der Waals surface area contributed by atoms with Crippen molar-refractivity contribution in [2.75, 3.05) is 13.2 Å². The van der Waals surface area contributed by atoms with Crippen molar-refractivity contribution < 1.29 is 30.0 Å². The Kier molecular flexibility index (Phi) is 6.68. The van der Waals surface area contributed by atoms with Gasteiger partial charge in [0, 0.05) is 13.0 Å². The fourth-order valence-electron chi connectivity index (χ4n) is 2.18. The number of aliphatic carboxylic acids is 1. The van der Waals surface area contributed by atoms with E-state index in [1.54, 1.807) is 0 Å². The van der Waals surface area contributed by atoms with Crippen LogP contribution in [0.5, 0.6) is 0 Å². The summed E-state index contributed by atoms with van der Waals surface area (Å²) in [4.78, 5) is 23.8. The van der Waals surface area contributed by atoms with Crippen LogP contribution in [0.4, 0.5) is 0 Å². The lowest BCUT2D eigenvalue weighted by Gasteiger charge is -2.26. The van der Waals surface area contributed by atoms with Crippen molar-refractivity contribution in [3.05, 3.63) is 0 Å². The summed E-state index contributed by atoms with van der Waals surface area (Å²) in [6.07, 6.45) is -2.30. The molecule has 0 saturated carbocycles. The molecule has 10 heteroatoms. The molecular weight excluding hydrogens is 296 g/mol. The van der Waals surface area contributed by atoms with Gasteiger partial charge in [-0.25, -0.2) is 0 Å². The highest BCUT2D eigenvalue weighted by atomic mass is 16.4. The molecule has 22 heavy (non-hydrogen) atoms. The van der Waals surface area contributed by atoms with E-state index in [4.69, 9.17) is 21.4 Å². The van der Waals surface area contributed by atoms with Crippen LogP contribution in [0.2, 0.25) is 0 Å². The summed E-state index contributed by atoms with van der Waals surface area (Å²) in [5.41, 5.74) is 5.38. The Morgan fingerprint density at radius 1 is 1.41 bits per heavy atom. The molecule has 4 atom stereocenters. The van der Waals surface area contributed by atoms with Gasteiger partial charge >= 0.3 is 5.97 Å². The second-order valence-corrected chi connectivity index (χ2v) is 5.19. The largest absolute Gasteiger partial charge is 0.480 e. The summed E-state index contributed by atoms with van der Waals surface area (Å²) in [6.45, 7) is -0.425. The third-order valence-electron chi connectivity index (χ3n) is 3.53. The number of amides is 1. The van der Waals surface area contributed by atoms with Gasteiger partial charge in [-0.15, -0.1) is 0 Å². The second-order valence-electron chi connectivity index (χ2n) is 5.19. The molecule has 0 spiro atoms. The van der Waals surface area contributed by atoms with Gasteiger partial charge in [0.05, 0.1) is 12.7 Å². The van der Waals surface area contributed by atoms with E-state index in [0.717, 1.165) is 0 Å². The molecule has 0 radical (unpaired) electrons. The van der Waals surface area contributed by atoms with Crippen LogP contribution in [0, 0.1) is 5.41 Å². The Bertz CT molecular complexity index is 432. The lowest BCUT2D eigenvalue weighted by atomic mass is 10.0. The SMILES string of the molecule is N=C1NC(=O)C(CC(O)C(O)CO)N1CCC[C@@H](N)C(=O)O. The first-order valence-corrected chi connectivity index (χ1v) is 6.89. The molecule has 0 bridgehead atoms. The van der Waals surface area contributed by atoms with Crippen LogP contribution >= 0.6 is 0 Å². The van der Waals surface area contributed by atoms with Gasteiger partial charge in [0.25, 0.3) is 0 Å². The quantitative estimate of drug-likeness (QED) is 0.235. The number of carbonyl (C=O) groups is 2. The number of aliphatic hydroxyl groups is 3. The van der Waals surface area contributed by atoms with E-state index in [1.807, 2.05) is 0 Å². The Hall–Kier alpha value is -1.75. The van der Waals surface area contributed by atoms with Gasteiger partial charge in [0.1, 0.15) is 18.2 Å². The van der Waals surface area contributed by atoms with E-state index in [1.165, 1.54) is 4.90 Å². The molecule has 1 heterocycles. The fourth-order valence-corrected chi connectivity index (χ4v) is 2.18. The van der Waals surface area contributed by atoms with E-state index in [-0.39, 0.29) is 25.3 Å². The zero-order valence-corrected chi connectivity index (χ0v) is 12.0. The van der Waals surface area contributed by atoms with Gasteiger partial charge in [-0.1, -0.05) is 0 Å². The Morgan fingerprint density at radius 2 is 2.05 bits per heavy atom. The van der Waals surface area contributed by atoms with E-state index in [0.29, 0.717) is 6.42 Å². The van der Waals surface area contributed by atoms with Gasteiger partial charge in [0.15, 0.2) is 5.96 Å². The molecule has 1 amide bonds. The average molecular weight is 318 g/mol. The summed E-state index contributed by atoms with van der Waals surface area (Å²) in [5, 5.41) is 46.5. The Balaban J connectivity index is 2.59. The van der Waals surface area contributed by atoms with E-state index in [2.05, 4.69) is 5.32 Å². The highest BCUT2D eigenvalue weighted by Gasteiger charge is 2.38. The Morgan fingerprint density at radius 3 is 2.59 bits per heavy atom. The second kappa shape index (κ2) is 8.03. The number of nitrogens with zero attached hydrogens (tertiary/aromatic N) is 1. The predicted octanol–water partition coefficient (Wildman–Crippen LogP) is -2.98. The third kappa shape index (κ3) is 4.63. The smallest absolute Gasteiger partial charge is 0.320 e. The number of hydrogen-bond donors (Lipinski definition) is 7. The number of guanidine groups is 1. The van der Waals surface area contributed by atoms with Crippen LogP contribution in [0.3, 0.4) is 0 Å². The lowest BCUT2D eigenvalue weighted by Crippen LogP contribution is -2.42. The fraction of sp³-hybridized carbons (Fsp3) is 0.750. The summed E-state index contributed by atoms with van der Waals surface area (Å²) < 4.78 is 0. The van der Waals surface area contributed by atoms with Crippen LogP contribution in [-0.4, -0.2) is 80.6 Å². The van der Waals surface area contributed by atoms with Crippen molar-refractivity contribution in [1.29, 1.82) is 5.41 Å². The molecule has 0 aromatic rings. The standard InChI is InChI=1S/C12H22N4O6/c13-6(11(21)22)2-1-3-16-7(10(20)15-12(16)14)4-8(18)9(19)5-17/h6-9,17-19H,1-5,13H2,(H,21,22)(H2,14,15,20)/t6-,7?,8?,9?/m1/s1. The number of carboxylic acid groups (broad SMARTS) is 1. The average Bonchev–Trinajstić information content (AvgIpc) is 2.72. The van der Waals surface area contributed by atoms with Crippen LogP contribution in [0.25, 0.3) is 0 Å². The zero-order chi connectivity index (χ0) is 16.9. The van der Waals surface area contributed by atoms with E-state index >= 15 is 0 Å². The maximum absolute atomic E-state index is 11.8. The minimum absolute atomic E-state index is 0.149. The number of carbonyl (C=O) groups excluding carboxylic acids is 1. The predicted molar refractivity (Wildman–Crippen MR) is 74.9 cm³/mol. The molecule has 3 unspecified atom stereocenters. The molecule has 0 aromatic heterocycles. The minimum Gasteiger partial charge on any atom is -0.480 e. The molecule has 1 fully saturated rings. The Labute approximate surface area is 127 Å². The highest BCUT2D eigenvalue weighted by Crippen LogP contribution is 2.16. The topological polar surface area (TPSA) is 180 Å². The normalized spacial score (nSPS) is 22.4. The number of aliphatic hydroxyl groups excluding tert-OH is 3.